The summed E-state index contributed by atoms with van der Waals surface area (Å²) in [6.07, 6.45) is 1.49. The Morgan fingerprint density at radius 1 is 1.23 bits per heavy atom. The molecule has 1 amide bonds. The van der Waals surface area contributed by atoms with Gasteiger partial charge in [-0.25, -0.2) is 0 Å². The highest BCUT2D eigenvalue weighted by molar-refractivity contribution is 14.1. The average Bonchev–Trinajstić information content (AvgIpc) is 2.74. The second kappa shape index (κ2) is 10.8. The Bertz CT molecular complexity index is 1160. The summed E-state index contributed by atoms with van der Waals surface area (Å²) in [7, 11) is 0. The van der Waals surface area contributed by atoms with Crippen molar-refractivity contribution >= 4 is 67.8 Å². The lowest BCUT2D eigenvalue weighted by Crippen LogP contribution is -2.14. The normalized spacial score (nSPS) is 11.0. The average molecular weight is 608 g/mol. The van der Waals surface area contributed by atoms with Crippen LogP contribution < -0.4 is 10.1 Å². The molecule has 3 aromatic rings. The molecule has 3 aromatic carbocycles. The van der Waals surface area contributed by atoms with Gasteiger partial charge in [-0.1, -0.05) is 41.9 Å². The molecule has 0 saturated carbocycles. The number of halogens is 3. The van der Waals surface area contributed by atoms with Gasteiger partial charge in [0.25, 0.3) is 5.91 Å². The van der Waals surface area contributed by atoms with Crippen molar-refractivity contribution in [3.63, 3.8) is 0 Å². The van der Waals surface area contributed by atoms with Crippen LogP contribution in [0.4, 0.5) is 5.69 Å². The molecule has 0 saturated heterocycles. The number of nitriles is 1. The van der Waals surface area contributed by atoms with Crippen molar-refractivity contribution < 1.29 is 9.53 Å². The summed E-state index contributed by atoms with van der Waals surface area (Å²) >= 11 is 12.1. The fourth-order valence-electron chi connectivity index (χ4n) is 2.75. The number of hydrogen-bond acceptors (Lipinski definition) is 3. The van der Waals surface area contributed by atoms with E-state index in [1.165, 1.54) is 6.08 Å². The number of para-hydroxylation sites is 1. The van der Waals surface area contributed by atoms with Gasteiger partial charge in [-0.2, -0.15) is 5.26 Å². The van der Waals surface area contributed by atoms with Crippen LogP contribution in [0.25, 0.3) is 6.08 Å². The zero-order valence-electron chi connectivity index (χ0n) is 16.5. The minimum atomic E-state index is -0.483. The Hall–Kier alpha value is -2.34. The second-order valence-electron chi connectivity index (χ2n) is 6.67. The van der Waals surface area contributed by atoms with E-state index in [0.717, 1.165) is 14.7 Å². The lowest BCUT2D eigenvalue weighted by Gasteiger charge is -2.12. The van der Waals surface area contributed by atoms with Gasteiger partial charge in [-0.15, -0.1) is 0 Å². The van der Waals surface area contributed by atoms with Gasteiger partial charge in [0.15, 0.2) is 5.75 Å². The van der Waals surface area contributed by atoms with Crippen LogP contribution in [-0.4, -0.2) is 5.91 Å². The predicted molar refractivity (Wildman–Crippen MR) is 136 cm³/mol. The number of benzene rings is 3. The molecule has 0 aliphatic rings. The number of rotatable bonds is 6. The topological polar surface area (TPSA) is 62.1 Å². The highest BCUT2D eigenvalue weighted by Crippen LogP contribution is 2.35. The summed E-state index contributed by atoms with van der Waals surface area (Å²) in [4.78, 5) is 12.5. The molecule has 0 atom stereocenters. The molecule has 0 unspecified atom stereocenters. The number of hydrogen-bond donors (Lipinski definition) is 1. The van der Waals surface area contributed by atoms with E-state index in [-0.39, 0.29) is 5.57 Å². The standard InChI is InChI=1S/C24H17BrClIN2O2/c1-15-4-2-3-5-22(15)29-24(30)18(13-28)10-17-11-20(25)23(21(26)12-17)31-14-16-6-8-19(27)9-7-16/h2-12H,14H2,1H3,(H,29,30)/b18-10-. The van der Waals surface area contributed by atoms with Gasteiger partial charge in [0, 0.05) is 9.26 Å². The molecule has 7 heteroatoms. The van der Waals surface area contributed by atoms with Crippen LogP contribution >= 0.6 is 50.1 Å². The first-order chi connectivity index (χ1) is 14.9. The molecule has 0 aromatic heterocycles. The zero-order chi connectivity index (χ0) is 22.4. The molecule has 3 rings (SSSR count). The van der Waals surface area contributed by atoms with E-state index in [2.05, 4.69) is 43.8 Å². The van der Waals surface area contributed by atoms with Crippen molar-refractivity contribution in [1.29, 1.82) is 5.26 Å². The van der Waals surface area contributed by atoms with Crippen LogP contribution in [0.2, 0.25) is 5.02 Å². The van der Waals surface area contributed by atoms with Crippen molar-refractivity contribution in [2.24, 2.45) is 0 Å². The lowest BCUT2D eigenvalue weighted by atomic mass is 10.1. The minimum absolute atomic E-state index is 0.0289. The first kappa shape index (κ1) is 23.3. The third-order valence-electron chi connectivity index (χ3n) is 4.39. The Morgan fingerprint density at radius 2 is 1.94 bits per heavy atom. The van der Waals surface area contributed by atoms with Gasteiger partial charge < -0.3 is 10.1 Å². The summed E-state index contributed by atoms with van der Waals surface area (Å²) < 4.78 is 7.66. The van der Waals surface area contributed by atoms with E-state index < -0.39 is 5.91 Å². The van der Waals surface area contributed by atoms with Crippen molar-refractivity contribution in [3.05, 3.63) is 96.0 Å². The molecular weight excluding hydrogens is 591 g/mol. The third-order valence-corrected chi connectivity index (χ3v) is 5.98. The molecule has 0 radical (unpaired) electrons. The van der Waals surface area contributed by atoms with Gasteiger partial charge in [0.1, 0.15) is 18.2 Å². The van der Waals surface area contributed by atoms with E-state index in [1.807, 2.05) is 55.5 Å². The minimum Gasteiger partial charge on any atom is -0.486 e. The first-order valence-electron chi connectivity index (χ1n) is 9.22. The zero-order valence-corrected chi connectivity index (χ0v) is 21.0. The first-order valence-corrected chi connectivity index (χ1v) is 11.5. The smallest absolute Gasteiger partial charge is 0.266 e. The Balaban J connectivity index is 1.78. The van der Waals surface area contributed by atoms with Crippen molar-refractivity contribution in [2.45, 2.75) is 13.5 Å². The Morgan fingerprint density at radius 3 is 2.58 bits per heavy atom. The van der Waals surface area contributed by atoms with E-state index in [9.17, 15) is 10.1 Å². The number of amides is 1. The van der Waals surface area contributed by atoms with Crippen LogP contribution in [0.5, 0.6) is 5.75 Å². The monoisotopic (exact) mass is 606 g/mol. The Labute approximate surface area is 208 Å². The van der Waals surface area contributed by atoms with E-state index in [0.29, 0.717) is 33.1 Å². The molecule has 0 bridgehead atoms. The van der Waals surface area contributed by atoms with Crippen molar-refractivity contribution in [1.82, 2.24) is 0 Å². The highest BCUT2D eigenvalue weighted by Gasteiger charge is 2.13. The molecule has 0 aliphatic heterocycles. The number of carbonyl (C=O) groups excluding carboxylic acids is 1. The van der Waals surface area contributed by atoms with Gasteiger partial charge in [-0.05, 0) is 98.5 Å². The van der Waals surface area contributed by atoms with Crippen molar-refractivity contribution in [2.75, 3.05) is 5.32 Å². The van der Waals surface area contributed by atoms with Gasteiger partial charge in [0.05, 0.1) is 9.50 Å². The number of carbonyl (C=O) groups is 1. The number of nitrogens with zero attached hydrogens (tertiary/aromatic N) is 1. The molecule has 0 spiro atoms. The highest BCUT2D eigenvalue weighted by atomic mass is 127. The Kier molecular flexibility index (Phi) is 8.13. The third kappa shape index (κ3) is 6.33. The van der Waals surface area contributed by atoms with Gasteiger partial charge in [-0.3, -0.25) is 4.79 Å². The maximum atomic E-state index is 12.5. The summed E-state index contributed by atoms with van der Waals surface area (Å²) in [5, 5.41) is 12.6. The van der Waals surface area contributed by atoms with Crippen LogP contribution in [-0.2, 0) is 11.4 Å². The fourth-order valence-corrected chi connectivity index (χ4v) is 4.10. The van der Waals surface area contributed by atoms with E-state index in [4.69, 9.17) is 16.3 Å². The van der Waals surface area contributed by atoms with Crippen LogP contribution in [0.15, 0.2) is 70.7 Å². The van der Waals surface area contributed by atoms with Crippen LogP contribution in [0.1, 0.15) is 16.7 Å². The van der Waals surface area contributed by atoms with Crippen molar-refractivity contribution in [3.8, 4) is 11.8 Å². The summed E-state index contributed by atoms with van der Waals surface area (Å²) in [5.74, 6) is 0.0170. The maximum Gasteiger partial charge on any atom is 0.266 e. The molecule has 31 heavy (non-hydrogen) atoms. The second-order valence-corrected chi connectivity index (χ2v) is 9.17. The lowest BCUT2D eigenvalue weighted by molar-refractivity contribution is -0.112. The van der Waals surface area contributed by atoms with Gasteiger partial charge >= 0.3 is 0 Å². The summed E-state index contributed by atoms with van der Waals surface area (Å²) in [5.41, 5.74) is 3.17. The van der Waals surface area contributed by atoms with Crippen LogP contribution in [0, 0.1) is 21.8 Å². The van der Waals surface area contributed by atoms with Crippen LogP contribution in [0.3, 0.4) is 0 Å². The molecule has 1 N–H and O–H groups in total. The molecule has 0 aliphatic carbocycles. The maximum absolute atomic E-state index is 12.5. The van der Waals surface area contributed by atoms with Gasteiger partial charge in [0.2, 0.25) is 0 Å². The predicted octanol–water partition coefficient (Wildman–Crippen LogP) is 7.14. The molecule has 4 nitrogen and oxygen atoms in total. The number of aryl methyl sites for hydroxylation is 1. The molecule has 156 valence electrons. The quantitative estimate of drug-likeness (QED) is 0.184. The molecule has 0 fully saturated rings. The number of anilines is 1. The number of ether oxygens (including phenoxy) is 1. The fraction of sp³-hybridized carbons (Fsp3) is 0.0833. The van der Waals surface area contributed by atoms with E-state index in [1.54, 1.807) is 18.2 Å². The molecule has 0 heterocycles. The SMILES string of the molecule is Cc1ccccc1NC(=O)/C(C#N)=C\c1cc(Cl)c(OCc2ccc(I)cc2)c(Br)c1. The molecular formula is C24H17BrClIN2O2. The number of nitrogens with one attached hydrogen (secondary N) is 1. The summed E-state index contributed by atoms with van der Waals surface area (Å²) in [6.45, 7) is 2.25. The van der Waals surface area contributed by atoms with E-state index >= 15 is 0 Å². The largest absolute Gasteiger partial charge is 0.486 e. The summed E-state index contributed by atoms with van der Waals surface area (Å²) in [6, 6.07) is 20.8.